The Morgan fingerprint density at radius 2 is 2.19 bits per heavy atom. The minimum absolute atomic E-state index is 0.229. The van der Waals surface area contributed by atoms with Gasteiger partial charge in [0.15, 0.2) is 6.61 Å². The molecule has 0 N–H and O–H groups in total. The second-order valence-corrected chi connectivity index (χ2v) is 7.03. The summed E-state index contributed by atoms with van der Waals surface area (Å²) in [5, 5.41) is 4.40. The van der Waals surface area contributed by atoms with Gasteiger partial charge in [-0.1, -0.05) is 5.16 Å². The van der Waals surface area contributed by atoms with Crippen molar-refractivity contribution in [3.8, 4) is 0 Å². The van der Waals surface area contributed by atoms with Gasteiger partial charge in [0.25, 0.3) is 5.91 Å². The van der Waals surface area contributed by atoms with E-state index in [0.717, 1.165) is 21.9 Å². The maximum absolute atomic E-state index is 12.4. The van der Waals surface area contributed by atoms with Crippen molar-refractivity contribution >= 4 is 29.5 Å². The molecular formula is C18H19N3O5S. The van der Waals surface area contributed by atoms with Gasteiger partial charge in [-0.25, -0.2) is 9.78 Å². The summed E-state index contributed by atoms with van der Waals surface area (Å²) in [5.74, 6) is -0.113. The number of ether oxygens (including phenoxy) is 1. The zero-order chi connectivity index (χ0) is 19.4. The van der Waals surface area contributed by atoms with Crippen LogP contribution >= 0.6 is 11.8 Å². The van der Waals surface area contributed by atoms with E-state index < -0.39 is 18.5 Å². The van der Waals surface area contributed by atoms with Crippen molar-refractivity contribution in [1.82, 2.24) is 15.0 Å². The first kappa shape index (κ1) is 19.1. The highest BCUT2D eigenvalue weighted by molar-refractivity contribution is 7.98. The number of likely N-dealkylation sites (tertiary alicyclic amines) is 1. The first-order valence-corrected chi connectivity index (χ1v) is 9.46. The largest absolute Gasteiger partial charge is 0.452 e. The second-order valence-electron chi connectivity index (χ2n) is 6.07. The molecule has 142 valence electrons. The van der Waals surface area contributed by atoms with Crippen molar-refractivity contribution in [2.75, 3.05) is 13.2 Å². The normalized spacial score (nSPS) is 13.9. The fraction of sp³-hybridized carbons (Fsp3) is 0.389. The number of thioether (sulfide) groups is 1. The molecule has 0 saturated carbocycles. The minimum Gasteiger partial charge on any atom is -0.452 e. The number of amides is 2. The summed E-state index contributed by atoms with van der Waals surface area (Å²) in [4.78, 5) is 41.4. The lowest BCUT2D eigenvalue weighted by Crippen LogP contribution is -2.35. The second kappa shape index (κ2) is 8.34. The number of carbonyl (C=O) groups is 3. The van der Waals surface area contributed by atoms with Crippen molar-refractivity contribution in [2.45, 2.75) is 37.5 Å². The third kappa shape index (κ3) is 4.36. The number of nitrogens with zero attached hydrogens (tertiary/aromatic N) is 3. The van der Waals surface area contributed by atoms with E-state index >= 15 is 0 Å². The van der Waals surface area contributed by atoms with Gasteiger partial charge in [-0.15, -0.1) is 11.8 Å². The highest BCUT2D eigenvalue weighted by atomic mass is 32.2. The molecule has 2 aromatic rings. The molecule has 0 aliphatic carbocycles. The Balaban J connectivity index is 1.63. The molecule has 2 amide bonds. The van der Waals surface area contributed by atoms with E-state index in [1.165, 1.54) is 11.8 Å². The zero-order valence-corrected chi connectivity index (χ0v) is 15.9. The molecular weight excluding hydrogens is 370 g/mol. The monoisotopic (exact) mass is 389 g/mol. The van der Waals surface area contributed by atoms with Gasteiger partial charge in [-0.3, -0.25) is 14.5 Å². The Labute approximate surface area is 160 Å². The Kier molecular flexibility index (Phi) is 5.90. The van der Waals surface area contributed by atoms with Crippen molar-refractivity contribution in [2.24, 2.45) is 0 Å². The number of rotatable bonds is 6. The van der Waals surface area contributed by atoms with Crippen LogP contribution in [0.1, 0.15) is 40.2 Å². The molecule has 1 saturated heterocycles. The molecule has 9 heteroatoms. The summed E-state index contributed by atoms with van der Waals surface area (Å²) >= 11 is 1.36. The maximum Gasteiger partial charge on any atom is 0.341 e. The molecule has 1 fully saturated rings. The van der Waals surface area contributed by atoms with Gasteiger partial charge in [0.05, 0.1) is 11.3 Å². The molecule has 0 unspecified atom stereocenters. The van der Waals surface area contributed by atoms with E-state index in [4.69, 9.17) is 9.26 Å². The number of aryl methyl sites for hydroxylation is 2. The SMILES string of the molecule is Cc1noc(C)c1CSc1ncccc1C(=O)OCC(=O)N1CCCC1=O. The molecule has 1 aliphatic heterocycles. The van der Waals surface area contributed by atoms with E-state index in [2.05, 4.69) is 10.1 Å². The van der Waals surface area contributed by atoms with Gasteiger partial charge >= 0.3 is 5.97 Å². The molecule has 27 heavy (non-hydrogen) atoms. The predicted molar refractivity (Wildman–Crippen MR) is 96.0 cm³/mol. The van der Waals surface area contributed by atoms with Crippen LogP contribution in [0.2, 0.25) is 0 Å². The third-order valence-corrected chi connectivity index (χ3v) is 5.26. The zero-order valence-electron chi connectivity index (χ0n) is 15.1. The topological polar surface area (TPSA) is 103 Å². The fourth-order valence-corrected chi connectivity index (χ4v) is 3.84. The Morgan fingerprint density at radius 1 is 1.37 bits per heavy atom. The standard InChI is InChI=1S/C18H19N3O5S/c1-11-14(12(2)26-20-11)10-27-17-13(5-3-7-19-17)18(24)25-9-16(23)21-8-4-6-15(21)22/h3,5,7H,4,6,8-10H2,1-2H3. The van der Waals surface area contributed by atoms with Crippen LogP contribution in [0.15, 0.2) is 27.9 Å². The van der Waals surface area contributed by atoms with E-state index in [1.54, 1.807) is 18.3 Å². The van der Waals surface area contributed by atoms with Gasteiger partial charge in [0, 0.05) is 30.5 Å². The smallest absolute Gasteiger partial charge is 0.341 e. The number of imide groups is 1. The highest BCUT2D eigenvalue weighted by Gasteiger charge is 2.27. The quantitative estimate of drug-likeness (QED) is 0.548. The van der Waals surface area contributed by atoms with Crippen molar-refractivity contribution in [3.05, 3.63) is 40.9 Å². The summed E-state index contributed by atoms with van der Waals surface area (Å²) in [6.45, 7) is 3.59. The van der Waals surface area contributed by atoms with Crippen LogP contribution in [-0.2, 0) is 20.1 Å². The molecule has 8 nitrogen and oxygen atoms in total. The number of aromatic nitrogens is 2. The van der Waals surface area contributed by atoms with Crippen LogP contribution in [0, 0.1) is 13.8 Å². The molecule has 0 aromatic carbocycles. The Morgan fingerprint density at radius 3 is 2.85 bits per heavy atom. The summed E-state index contributed by atoms with van der Waals surface area (Å²) in [6.07, 6.45) is 2.58. The summed E-state index contributed by atoms with van der Waals surface area (Å²) in [5.41, 5.74) is 2.02. The third-order valence-electron chi connectivity index (χ3n) is 4.23. The number of hydrogen-bond acceptors (Lipinski definition) is 8. The van der Waals surface area contributed by atoms with Crippen molar-refractivity contribution in [1.29, 1.82) is 0 Å². The lowest BCUT2D eigenvalue weighted by atomic mass is 10.2. The van der Waals surface area contributed by atoms with Crippen LogP contribution in [0.4, 0.5) is 0 Å². The first-order chi connectivity index (χ1) is 13.0. The lowest BCUT2D eigenvalue weighted by molar-refractivity contribution is -0.143. The first-order valence-electron chi connectivity index (χ1n) is 8.47. The Hall–Kier alpha value is -2.68. The summed E-state index contributed by atoms with van der Waals surface area (Å²) in [6, 6.07) is 3.22. The van der Waals surface area contributed by atoms with Gasteiger partial charge in [-0.2, -0.15) is 0 Å². The molecule has 0 spiro atoms. The number of carbonyl (C=O) groups excluding carboxylic acids is 3. The van der Waals surface area contributed by atoms with Crippen LogP contribution in [0.5, 0.6) is 0 Å². The van der Waals surface area contributed by atoms with Gasteiger partial charge < -0.3 is 9.26 Å². The van der Waals surface area contributed by atoms with Crippen LogP contribution in [-0.4, -0.2) is 46.0 Å². The van der Waals surface area contributed by atoms with E-state index in [9.17, 15) is 14.4 Å². The molecule has 1 aliphatic rings. The van der Waals surface area contributed by atoms with Crippen molar-refractivity contribution in [3.63, 3.8) is 0 Å². The van der Waals surface area contributed by atoms with E-state index in [0.29, 0.717) is 30.2 Å². The Bertz CT molecular complexity index is 860. The lowest BCUT2D eigenvalue weighted by Gasteiger charge is -2.14. The number of hydrogen-bond donors (Lipinski definition) is 0. The number of esters is 1. The van der Waals surface area contributed by atoms with E-state index in [-0.39, 0.29) is 11.5 Å². The average molecular weight is 389 g/mol. The molecule has 3 heterocycles. The molecule has 0 radical (unpaired) electrons. The minimum atomic E-state index is -0.649. The highest BCUT2D eigenvalue weighted by Crippen LogP contribution is 2.27. The fourth-order valence-electron chi connectivity index (χ4n) is 2.70. The van der Waals surface area contributed by atoms with E-state index in [1.807, 2.05) is 13.8 Å². The van der Waals surface area contributed by atoms with Crippen LogP contribution in [0.25, 0.3) is 0 Å². The molecule has 3 rings (SSSR count). The van der Waals surface area contributed by atoms with Gasteiger partial charge in [0.1, 0.15) is 10.8 Å². The molecule has 0 bridgehead atoms. The van der Waals surface area contributed by atoms with Gasteiger partial charge in [0.2, 0.25) is 5.91 Å². The average Bonchev–Trinajstić information content (AvgIpc) is 3.23. The van der Waals surface area contributed by atoms with Crippen molar-refractivity contribution < 1.29 is 23.6 Å². The number of pyridine rings is 1. The van der Waals surface area contributed by atoms with Gasteiger partial charge in [-0.05, 0) is 32.4 Å². The maximum atomic E-state index is 12.4. The molecule has 0 atom stereocenters. The summed E-state index contributed by atoms with van der Waals surface area (Å²) < 4.78 is 10.2. The predicted octanol–water partition coefficient (Wildman–Crippen LogP) is 2.28. The van der Waals surface area contributed by atoms with Crippen LogP contribution in [0.3, 0.4) is 0 Å². The van der Waals surface area contributed by atoms with Crippen LogP contribution < -0.4 is 0 Å². The molecule has 2 aromatic heterocycles. The summed E-state index contributed by atoms with van der Waals surface area (Å²) in [7, 11) is 0.